The van der Waals surface area contributed by atoms with Crippen LogP contribution < -0.4 is 5.32 Å². The maximum absolute atomic E-state index is 4.03. The van der Waals surface area contributed by atoms with Crippen LogP contribution in [-0.2, 0) is 0 Å². The third-order valence-corrected chi connectivity index (χ3v) is 2.90. The molecule has 1 heterocycles. The zero-order valence-electron chi connectivity index (χ0n) is 11.3. The number of benzene rings is 1. The van der Waals surface area contributed by atoms with Gasteiger partial charge in [0.2, 0.25) is 0 Å². The van der Waals surface area contributed by atoms with Gasteiger partial charge in [-0.15, -0.1) is 0 Å². The zero-order valence-corrected chi connectivity index (χ0v) is 11.3. The Hall–Kier alpha value is -1.77. The summed E-state index contributed by atoms with van der Waals surface area (Å²) in [5.41, 5.74) is 3.76. The fourth-order valence-corrected chi connectivity index (χ4v) is 1.76. The summed E-state index contributed by atoms with van der Waals surface area (Å²) in [6.45, 7) is 7.79. The summed E-state index contributed by atoms with van der Waals surface area (Å²) in [5.74, 6) is 0. The van der Waals surface area contributed by atoms with Crippen LogP contribution in [-0.4, -0.2) is 16.5 Å². The van der Waals surface area contributed by atoms with E-state index in [1.807, 2.05) is 6.20 Å². The van der Waals surface area contributed by atoms with E-state index in [4.69, 9.17) is 0 Å². The Morgan fingerprint density at radius 2 is 1.89 bits per heavy atom. The van der Waals surface area contributed by atoms with E-state index in [9.17, 15) is 0 Å². The van der Waals surface area contributed by atoms with Gasteiger partial charge in [-0.1, -0.05) is 32.9 Å². The number of nitrogens with zero attached hydrogens (tertiary/aromatic N) is 1. The van der Waals surface area contributed by atoms with Crippen molar-refractivity contribution in [1.82, 2.24) is 9.97 Å². The van der Waals surface area contributed by atoms with Gasteiger partial charge in [-0.3, -0.25) is 0 Å². The van der Waals surface area contributed by atoms with Crippen LogP contribution in [0.15, 0.2) is 36.8 Å². The summed E-state index contributed by atoms with van der Waals surface area (Å²) in [6, 6.07) is 8.43. The van der Waals surface area contributed by atoms with Gasteiger partial charge in [0.1, 0.15) is 0 Å². The summed E-state index contributed by atoms with van der Waals surface area (Å²) in [7, 11) is 0. The molecule has 0 aliphatic carbocycles. The quantitative estimate of drug-likeness (QED) is 0.854. The number of hydrogen-bond donors (Lipinski definition) is 2. The fourth-order valence-electron chi connectivity index (χ4n) is 1.76. The molecule has 96 valence electrons. The molecule has 0 aliphatic rings. The SMILES string of the molecule is CC(C)(C)CCNc1ccc(-c2cnc[nH]2)cc1. The summed E-state index contributed by atoms with van der Waals surface area (Å²) in [6.07, 6.45) is 4.70. The molecule has 0 fully saturated rings. The minimum atomic E-state index is 0.378. The summed E-state index contributed by atoms with van der Waals surface area (Å²) < 4.78 is 0. The second-order valence-corrected chi connectivity index (χ2v) is 5.78. The number of aromatic amines is 1. The lowest BCUT2D eigenvalue weighted by Gasteiger charge is -2.18. The molecule has 0 amide bonds. The van der Waals surface area contributed by atoms with Crippen LogP contribution >= 0.6 is 0 Å². The summed E-state index contributed by atoms with van der Waals surface area (Å²) >= 11 is 0. The predicted octanol–water partition coefficient (Wildman–Crippen LogP) is 3.92. The Morgan fingerprint density at radius 1 is 1.17 bits per heavy atom. The van der Waals surface area contributed by atoms with Crippen LogP contribution in [0.2, 0.25) is 0 Å². The molecule has 0 saturated carbocycles. The molecular formula is C15H21N3. The van der Waals surface area contributed by atoms with Crippen molar-refractivity contribution in [3.05, 3.63) is 36.8 Å². The van der Waals surface area contributed by atoms with Crippen LogP contribution in [0.5, 0.6) is 0 Å². The topological polar surface area (TPSA) is 40.7 Å². The van der Waals surface area contributed by atoms with Crippen molar-refractivity contribution in [1.29, 1.82) is 0 Å². The first-order chi connectivity index (χ1) is 8.54. The molecule has 2 rings (SSSR count). The van der Waals surface area contributed by atoms with Gasteiger partial charge in [0.15, 0.2) is 0 Å². The molecule has 1 aromatic carbocycles. The number of imidazole rings is 1. The second-order valence-electron chi connectivity index (χ2n) is 5.78. The normalized spacial score (nSPS) is 11.5. The van der Waals surface area contributed by atoms with E-state index in [1.165, 1.54) is 5.69 Å². The highest BCUT2D eigenvalue weighted by molar-refractivity contribution is 5.61. The summed E-state index contributed by atoms with van der Waals surface area (Å²) in [4.78, 5) is 7.13. The van der Waals surface area contributed by atoms with Gasteiger partial charge >= 0.3 is 0 Å². The first-order valence-corrected chi connectivity index (χ1v) is 6.37. The number of rotatable bonds is 4. The highest BCUT2D eigenvalue weighted by Crippen LogP contribution is 2.21. The Morgan fingerprint density at radius 3 is 2.44 bits per heavy atom. The lowest BCUT2D eigenvalue weighted by atomic mass is 9.92. The van der Waals surface area contributed by atoms with Gasteiger partial charge in [0.05, 0.1) is 18.2 Å². The average molecular weight is 243 g/mol. The monoisotopic (exact) mass is 243 g/mol. The van der Waals surface area contributed by atoms with E-state index in [1.54, 1.807) is 6.33 Å². The molecule has 0 unspecified atom stereocenters. The maximum Gasteiger partial charge on any atom is 0.0924 e. The van der Waals surface area contributed by atoms with Gasteiger partial charge in [-0.25, -0.2) is 4.98 Å². The van der Waals surface area contributed by atoms with Crippen LogP contribution in [0.4, 0.5) is 5.69 Å². The van der Waals surface area contributed by atoms with Crippen LogP contribution in [0.3, 0.4) is 0 Å². The van der Waals surface area contributed by atoms with Crippen LogP contribution in [0.25, 0.3) is 11.3 Å². The predicted molar refractivity (Wildman–Crippen MR) is 76.6 cm³/mol. The van der Waals surface area contributed by atoms with Crippen molar-refractivity contribution in [2.24, 2.45) is 5.41 Å². The lowest BCUT2D eigenvalue weighted by molar-refractivity contribution is 0.390. The van der Waals surface area contributed by atoms with Gasteiger partial charge in [-0.05, 0) is 29.5 Å². The first kappa shape index (κ1) is 12.7. The van der Waals surface area contributed by atoms with Gasteiger partial charge in [-0.2, -0.15) is 0 Å². The summed E-state index contributed by atoms with van der Waals surface area (Å²) in [5, 5.41) is 3.45. The van der Waals surface area contributed by atoms with Gasteiger partial charge in [0.25, 0.3) is 0 Å². The lowest BCUT2D eigenvalue weighted by Crippen LogP contribution is -2.12. The van der Waals surface area contributed by atoms with Gasteiger partial charge in [0, 0.05) is 12.2 Å². The molecule has 18 heavy (non-hydrogen) atoms. The molecule has 3 nitrogen and oxygen atoms in total. The Kier molecular flexibility index (Phi) is 3.70. The standard InChI is InChI=1S/C15H21N3/c1-15(2,3)8-9-17-13-6-4-12(5-7-13)14-10-16-11-18-14/h4-7,10-11,17H,8-9H2,1-3H3,(H,16,18). The van der Waals surface area contributed by atoms with Crippen molar-refractivity contribution in [2.45, 2.75) is 27.2 Å². The number of nitrogens with one attached hydrogen (secondary N) is 2. The van der Waals surface area contributed by atoms with E-state index in [0.29, 0.717) is 5.41 Å². The smallest absolute Gasteiger partial charge is 0.0924 e. The molecule has 0 saturated heterocycles. The molecule has 0 spiro atoms. The number of anilines is 1. The first-order valence-electron chi connectivity index (χ1n) is 6.37. The Bertz CT molecular complexity index is 463. The van der Waals surface area contributed by atoms with Crippen molar-refractivity contribution in [3.63, 3.8) is 0 Å². The van der Waals surface area contributed by atoms with E-state index >= 15 is 0 Å². The minimum absolute atomic E-state index is 0.378. The van der Waals surface area contributed by atoms with E-state index in [0.717, 1.165) is 24.2 Å². The third-order valence-electron chi connectivity index (χ3n) is 2.90. The van der Waals surface area contributed by atoms with Gasteiger partial charge < -0.3 is 10.3 Å². The van der Waals surface area contributed by atoms with Crippen LogP contribution in [0.1, 0.15) is 27.2 Å². The Balaban J connectivity index is 1.92. The molecule has 0 bridgehead atoms. The molecule has 1 aromatic heterocycles. The maximum atomic E-state index is 4.03. The van der Waals surface area contributed by atoms with Crippen molar-refractivity contribution in [3.8, 4) is 11.3 Å². The third kappa shape index (κ3) is 3.62. The largest absolute Gasteiger partial charge is 0.385 e. The highest BCUT2D eigenvalue weighted by Gasteiger charge is 2.08. The second kappa shape index (κ2) is 5.25. The molecule has 2 N–H and O–H groups in total. The van der Waals surface area contributed by atoms with E-state index in [2.05, 4.69) is 60.3 Å². The molecule has 0 aliphatic heterocycles. The highest BCUT2D eigenvalue weighted by atomic mass is 14.9. The zero-order chi connectivity index (χ0) is 13.0. The van der Waals surface area contributed by atoms with E-state index in [-0.39, 0.29) is 0 Å². The number of aromatic nitrogens is 2. The molecular weight excluding hydrogens is 222 g/mol. The Labute approximate surface area is 109 Å². The van der Waals surface area contributed by atoms with Crippen molar-refractivity contribution >= 4 is 5.69 Å². The number of hydrogen-bond acceptors (Lipinski definition) is 2. The van der Waals surface area contributed by atoms with Crippen molar-refractivity contribution in [2.75, 3.05) is 11.9 Å². The molecule has 2 aromatic rings. The number of H-pyrrole nitrogens is 1. The van der Waals surface area contributed by atoms with Crippen molar-refractivity contribution < 1.29 is 0 Å². The minimum Gasteiger partial charge on any atom is -0.385 e. The van der Waals surface area contributed by atoms with E-state index < -0.39 is 0 Å². The molecule has 0 radical (unpaired) electrons. The molecule has 3 heteroatoms. The van der Waals surface area contributed by atoms with Crippen LogP contribution in [0, 0.1) is 5.41 Å². The fraction of sp³-hybridized carbons (Fsp3) is 0.400. The average Bonchev–Trinajstić information content (AvgIpc) is 2.82. The molecule has 0 atom stereocenters.